The lowest BCUT2D eigenvalue weighted by Crippen LogP contribution is -2.48. The molecule has 4 heteroatoms. The number of hydrogen-bond acceptors (Lipinski definition) is 4. The molecule has 0 spiro atoms. The number of nitrogens with zero attached hydrogens (tertiary/aromatic N) is 2. The second-order valence-electron chi connectivity index (χ2n) is 6.41. The maximum atomic E-state index is 10.4. The fourth-order valence-electron chi connectivity index (χ4n) is 3.98. The van der Waals surface area contributed by atoms with Gasteiger partial charge in [-0.25, -0.2) is 4.98 Å². The van der Waals surface area contributed by atoms with Crippen LogP contribution in [0.5, 0.6) is 0 Å². The van der Waals surface area contributed by atoms with Crippen LogP contribution < -0.4 is 0 Å². The molecular weight excluding hydrogens is 268 g/mol. The number of aryl methyl sites for hydroxylation is 1. The van der Waals surface area contributed by atoms with E-state index < -0.39 is 0 Å². The summed E-state index contributed by atoms with van der Waals surface area (Å²) in [5.74, 6) is 0.490. The third kappa shape index (κ3) is 3.23. The minimum absolute atomic E-state index is 0.0773. The van der Waals surface area contributed by atoms with Crippen LogP contribution in [0.15, 0.2) is 5.38 Å². The van der Waals surface area contributed by atoms with Gasteiger partial charge in [-0.2, -0.15) is 0 Å². The molecule has 0 amide bonds. The van der Waals surface area contributed by atoms with Crippen molar-refractivity contribution in [2.24, 2.45) is 5.92 Å². The summed E-state index contributed by atoms with van der Waals surface area (Å²) in [7, 11) is 0. The summed E-state index contributed by atoms with van der Waals surface area (Å²) in [6, 6.07) is 0.570. The SMILES string of the molecule is Cc1nc(CN2CCCCC2C2CCCCC2O)cs1. The summed E-state index contributed by atoms with van der Waals surface area (Å²) < 4.78 is 0. The zero-order valence-corrected chi connectivity index (χ0v) is 13.2. The molecule has 3 rings (SSSR count). The molecule has 1 aliphatic carbocycles. The quantitative estimate of drug-likeness (QED) is 0.928. The first-order valence-corrected chi connectivity index (χ1v) is 8.95. The Morgan fingerprint density at radius 2 is 2.05 bits per heavy atom. The molecule has 3 atom stereocenters. The third-order valence-corrected chi connectivity index (χ3v) is 5.79. The van der Waals surface area contributed by atoms with Crippen molar-refractivity contribution in [1.29, 1.82) is 0 Å². The number of rotatable bonds is 3. The summed E-state index contributed by atoms with van der Waals surface area (Å²) >= 11 is 1.74. The van der Waals surface area contributed by atoms with Gasteiger partial charge in [0, 0.05) is 23.9 Å². The number of aliphatic hydroxyl groups is 1. The molecule has 1 saturated carbocycles. The lowest BCUT2D eigenvalue weighted by atomic mass is 9.78. The fraction of sp³-hybridized carbons (Fsp3) is 0.812. The van der Waals surface area contributed by atoms with E-state index in [0.29, 0.717) is 12.0 Å². The van der Waals surface area contributed by atoms with Crippen molar-refractivity contribution in [3.05, 3.63) is 16.1 Å². The lowest BCUT2D eigenvalue weighted by molar-refractivity contribution is -0.00897. The molecule has 0 radical (unpaired) electrons. The van der Waals surface area contributed by atoms with Crippen molar-refractivity contribution in [3.8, 4) is 0 Å². The van der Waals surface area contributed by atoms with Gasteiger partial charge in [0.2, 0.25) is 0 Å². The molecule has 3 nitrogen and oxygen atoms in total. The Hall–Kier alpha value is -0.450. The molecule has 2 aliphatic rings. The molecule has 0 aromatic carbocycles. The second kappa shape index (κ2) is 6.54. The maximum absolute atomic E-state index is 10.4. The van der Waals surface area contributed by atoms with E-state index in [4.69, 9.17) is 0 Å². The minimum Gasteiger partial charge on any atom is -0.393 e. The van der Waals surface area contributed by atoms with E-state index in [9.17, 15) is 5.11 Å². The van der Waals surface area contributed by atoms with Gasteiger partial charge in [-0.1, -0.05) is 19.3 Å². The highest BCUT2D eigenvalue weighted by atomic mass is 32.1. The Bertz CT molecular complexity index is 434. The van der Waals surface area contributed by atoms with Gasteiger partial charge < -0.3 is 5.11 Å². The zero-order valence-electron chi connectivity index (χ0n) is 12.4. The van der Waals surface area contributed by atoms with Gasteiger partial charge in [0.05, 0.1) is 16.8 Å². The molecule has 2 fully saturated rings. The molecule has 2 heterocycles. The van der Waals surface area contributed by atoms with Gasteiger partial charge >= 0.3 is 0 Å². The Kier molecular flexibility index (Phi) is 4.74. The molecule has 1 aromatic rings. The number of piperidine rings is 1. The first-order valence-electron chi connectivity index (χ1n) is 8.07. The average molecular weight is 294 g/mol. The Morgan fingerprint density at radius 1 is 1.25 bits per heavy atom. The molecule has 1 aliphatic heterocycles. The average Bonchev–Trinajstić information content (AvgIpc) is 2.86. The smallest absolute Gasteiger partial charge is 0.0897 e. The molecule has 112 valence electrons. The predicted molar refractivity (Wildman–Crippen MR) is 82.9 cm³/mol. The van der Waals surface area contributed by atoms with E-state index in [2.05, 4.69) is 22.2 Å². The van der Waals surface area contributed by atoms with Gasteiger partial charge in [-0.05, 0) is 39.2 Å². The fourth-order valence-corrected chi connectivity index (χ4v) is 4.58. The van der Waals surface area contributed by atoms with Gasteiger partial charge in [-0.15, -0.1) is 11.3 Å². The molecule has 1 N–H and O–H groups in total. The van der Waals surface area contributed by atoms with Crippen molar-refractivity contribution < 1.29 is 5.11 Å². The summed E-state index contributed by atoms with van der Waals surface area (Å²) in [6.07, 6.45) is 8.50. The van der Waals surface area contributed by atoms with Crippen LogP contribution in [0, 0.1) is 12.8 Å². The number of hydrogen-bond donors (Lipinski definition) is 1. The van der Waals surface area contributed by atoms with Crippen LogP contribution in [0.3, 0.4) is 0 Å². The van der Waals surface area contributed by atoms with E-state index in [1.54, 1.807) is 11.3 Å². The predicted octanol–water partition coefficient (Wildman–Crippen LogP) is 3.36. The molecule has 0 bridgehead atoms. The summed E-state index contributed by atoms with van der Waals surface area (Å²) in [4.78, 5) is 7.21. The second-order valence-corrected chi connectivity index (χ2v) is 7.47. The summed E-state index contributed by atoms with van der Waals surface area (Å²) in [5, 5.41) is 13.7. The van der Waals surface area contributed by atoms with Gasteiger partial charge in [0.15, 0.2) is 0 Å². The van der Waals surface area contributed by atoms with Crippen LogP contribution >= 0.6 is 11.3 Å². The minimum atomic E-state index is -0.0773. The largest absolute Gasteiger partial charge is 0.393 e. The zero-order chi connectivity index (χ0) is 13.9. The Morgan fingerprint density at radius 3 is 2.80 bits per heavy atom. The van der Waals surface area contributed by atoms with Crippen molar-refractivity contribution in [1.82, 2.24) is 9.88 Å². The van der Waals surface area contributed by atoms with Crippen molar-refractivity contribution in [2.45, 2.75) is 70.6 Å². The molecule has 3 unspecified atom stereocenters. The number of likely N-dealkylation sites (tertiary alicyclic amines) is 1. The standard InChI is InChI=1S/C16H26N2OS/c1-12-17-13(11-20-12)10-18-9-5-4-7-15(18)14-6-2-3-8-16(14)19/h11,14-16,19H,2-10H2,1H3. The molecule has 20 heavy (non-hydrogen) atoms. The lowest BCUT2D eigenvalue weighted by Gasteiger charge is -2.43. The highest BCUT2D eigenvalue weighted by Crippen LogP contribution is 2.34. The van der Waals surface area contributed by atoms with Gasteiger partial charge in [-0.3, -0.25) is 4.90 Å². The van der Waals surface area contributed by atoms with E-state index in [1.165, 1.54) is 50.8 Å². The number of thiazole rings is 1. The van der Waals surface area contributed by atoms with Crippen LogP contribution in [0.4, 0.5) is 0 Å². The van der Waals surface area contributed by atoms with Crippen LogP contribution in [0.1, 0.15) is 55.6 Å². The van der Waals surface area contributed by atoms with Crippen LogP contribution in [-0.2, 0) is 6.54 Å². The highest BCUT2D eigenvalue weighted by molar-refractivity contribution is 7.09. The van der Waals surface area contributed by atoms with Crippen LogP contribution in [-0.4, -0.2) is 33.7 Å². The number of aromatic nitrogens is 1. The summed E-state index contributed by atoms with van der Waals surface area (Å²) in [6.45, 7) is 4.22. The highest BCUT2D eigenvalue weighted by Gasteiger charge is 2.35. The van der Waals surface area contributed by atoms with Crippen molar-refractivity contribution >= 4 is 11.3 Å². The van der Waals surface area contributed by atoms with Crippen LogP contribution in [0.25, 0.3) is 0 Å². The summed E-state index contributed by atoms with van der Waals surface area (Å²) in [5.41, 5.74) is 1.21. The van der Waals surface area contributed by atoms with Gasteiger partial charge in [0.1, 0.15) is 0 Å². The topological polar surface area (TPSA) is 36.4 Å². The van der Waals surface area contributed by atoms with Crippen molar-refractivity contribution in [2.75, 3.05) is 6.54 Å². The number of aliphatic hydroxyl groups excluding tert-OH is 1. The van der Waals surface area contributed by atoms with E-state index in [1.807, 2.05) is 0 Å². The monoisotopic (exact) mass is 294 g/mol. The Labute approximate surface area is 126 Å². The van der Waals surface area contributed by atoms with Gasteiger partial charge in [0.25, 0.3) is 0 Å². The molecular formula is C16H26N2OS. The maximum Gasteiger partial charge on any atom is 0.0897 e. The van der Waals surface area contributed by atoms with E-state index in [-0.39, 0.29) is 6.10 Å². The first-order chi connectivity index (χ1) is 9.74. The molecule has 1 aromatic heterocycles. The van der Waals surface area contributed by atoms with Crippen LogP contribution in [0.2, 0.25) is 0 Å². The third-order valence-electron chi connectivity index (χ3n) is 4.97. The van der Waals surface area contributed by atoms with E-state index in [0.717, 1.165) is 18.0 Å². The van der Waals surface area contributed by atoms with Crippen molar-refractivity contribution in [3.63, 3.8) is 0 Å². The van der Waals surface area contributed by atoms with E-state index >= 15 is 0 Å². The Balaban J connectivity index is 1.69. The normalized spacial score (nSPS) is 32.4. The first kappa shape index (κ1) is 14.5. The molecule has 1 saturated heterocycles.